The van der Waals surface area contributed by atoms with E-state index >= 15 is 0 Å². The van der Waals surface area contributed by atoms with Gasteiger partial charge >= 0.3 is 5.97 Å². The molecule has 1 aliphatic heterocycles. The van der Waals surface area contributed by atoms with E-state index in [1.54, 1.807) is 0 Å². The Hall–Kier alpha value is -2.85. The monoisotopic (exact) mass is 494 g/mol. The van der Waals surface area contributed by atoms with Crippen LogP contribution in [-0.4, -0.2) is 43.8 Å². The van der Waals surface area contributed by atoms with Crippen LogP contribution in [0.3, 0.4) is 0 Å². The quantitative estimate of drug-likeness (QED) is 0.616. The topological polar surface area (TPSA) is 92.8 Å². The van der Waals surface area contributed by atoms with Crippen LogP contribution >= 0.6 is 0 Å². The number of anilines is 1. The molecule has 0 saturated carbocycles. The lowest BCUT2D eigenvalue weighted by Crippen LogP contribution is -2.41. The minimum atomic E-state index is -4.02. The molecule has 3 rings (SSSR count). The van der Waals surface area contributed by atoms with Crippen LogP contribution in [0.25, 0.3) is 0 Å². The number of nitrogens with one attached hydrogen (secondary N) is 1. The number of hydrogen-bond donors (Lipinski definition) is 1. The fraction of sp³-hybridized carbons (Fsp3) is 0.417. The molecule has 0 aromatic heterocycles. The molecule has 184 valence electrons. The van der Waals surface area contributed by atoms with Crippen molar-refractivity contribution in [2.24, 2.45) is 5.92 Å². The Balaban J connectivity index is 1.57. The van der Waals surface area contributed by atoms with E-state index in [0.29, 0.717) is 11.8 Å². The molecule has 34 heavy (non-hydrogen) atoms. The summed E-state index contributed by atoms with van der Waals surface area (Å²) in [5, 5.41) is 2.81. The average Bonchev–Trinajstić information content (AvgIpc) is 2.77. The van der Waals surface area contributed by atoms with Gasteiger partial charge in [-0.2, -0.15) is 4.31 Å². The lowest BCUT2D eigenvalue weighted by molar-refractivity contribution is -0.158. The summed E-state index contributed by atoms with van der Waals surface area (Å²) >= 11 is 0. The Morgan fingerprint density at radius 2 is 1.62 bits per heavy atom. The number of halogens is 2. The van der Waals surface area contributed by atoms with Gasteiger partial charge in [-0.3, -0.25) is 9.59 Å². The molecule has 0 bridgehead atoms. The lowest BCUT2D eigenvalue weighted by Gasteiger charge is -2.30. The molecular formula is C24H28F2N2O5S. The normalized spacial score (nSPS) is 16.2. The first-order valence-corrected chi connectivity index (χ1v) is 12.4. The largest absolute Gasteiger partial charge is 0.452 e. The van der Waals surface area contributed by atoms with E-state index in [1.165, 1.54) is 6.92 Å². The minimum Gasteiger partial charge on any atom is -0.452 e. The number of carbonyl (C=O) groups is 2. The van der Waals surface area contributed by atoms with Crippen molar-refractivity contribution in [1.82, 2.24) is 4.31 Å². The van der Waals surface area contributed by atoms with Crippen LogP contribution in [0.1, 0.15) is 36.5 Å². The third kappa shape index (κ3) is 5.61. The molecule has 10 heteroatoms. The van der Waals surface area contributed by atoms with Gasteiger partial charge in [-0.1, -0.05) is 17.7 Å². The highest BCUT2D eigenvalue weighted by molar-refractivity contribution is 7.89. The van der Waals surface area contributed by atoms with Gasteiger partial charge in [0.2, 0.25) is 10.0 Å². The van der Waals surface area contributed by atoms with Crippen molar-refractivity contribution in [3.63, 3.8) is 0 Å². The molecule has 1 saturated heterocycles. The van der Waals surface area contributed by atoms with Crippen molar-refractivity contribution in [3.8, 4) is 0 Å². The molecule has 1 atom stereocenters. The first-order chi connectivity index (χ1) is 15.9. The highest BCUT2D eigenvalue weighted by Crippen LogP contribution is 2.26. The zero-order valence-electron chi connectivity index (χ0n) is 19.5. The maximum atomic E-state index is 13.5. The maximum Gasteiger partial charge on any atom is 0.309 e. The van der Waals surface area contributed by atoms with Crippen molar-refractivity contribution in [2.75, 3.05) is 18.4 Å². The standard InChI is InChI=1S/C24H28F2N2O5S/c1-14-11-15(2)22(16(3)12-14)27-23(29)17(4)33-24(30)18-7-9-28(10-8-18)34(31,32)19-5-6-20(25)21(26)13-19/h5-6,11-13,17-18H,7-10H2,1-4H3,(H,27,29). The number of sulfonamides is 1. The van der Waals surface area contributed by atoms with Crippen LogP contribution in [0.2, 0.25) is 0 Å². The molecule has 1 heterocycles. The van der Waals surface area contributed by atoms with E-state index in [2.05, 4.69) is 5.32 Å². The number of benzene rings is 2. The van der Waals surface area contributed by atoms with Crippen LogP contribution in [0, 0.1) is 38.3 Å². The van der Waals surface area contributed by atoms with Gasteiger partial charge in [0.05, 0.1) is 10.8 Å². The number of amides is 1. The fourth-order valence-corrected chi connectivity index (χ4v) is 5.53. The predicted octanol–water partition coefficient (Wildman–Crippen LogP) is 3.86. The fourth-order valence-electron chi connectivity index (χ4n) is 4.04. The van der Waals surface area contributed by atoms with Crippen LogP contribution in [0.4, 0.5) is 14.5 Å². The molecule has 0 spiro atoms. The van der Waals surface area contributed by atoms with Crippen LogP contribution in [0.5, 0.6) is 0 Å². The van der Waals surface area contributed by atoms with Gasteiger partial charge < -0.3 is 10.1 Å². The van der Waals surface area contributed by atoms with Gasteiger partial charge in [-0.25, -0.2) is 17.2 Å². The number of rotatable bonds is 6. The summed E-state index contributed by atoms with van der Waals surface area (Å²) in [7, 11) is -4.02. The molecule has 1 N–H and O–H groups in total. The maximum absolute atomic E-state index is 13.5. The average molecular weight is 495 g/mol. The predicted molar refractivity (Wildman–Crippen MR) is 123 cm³/mol. The van der Waals surface area contributed by atoms with E-state index in [-0.39, 0.29) is 30.8 Å². The van der Waals surface area contributed by atoms with E-state index in [1.807, 2.05) is 32.9 Å². The first kappa shape index (κ1) is 25.8. The van der Waals surface area contributed by atoms with Crippen LogP contribution < -0.4 is 5.32 Å². The van der Waals surface area contributed by atoms with Crippen molar-refractivity contribution in [2.45, 2.75) is 51.5 Å². The molecule has 2 aromatic rings. The van der Waals surface area contributed by atoms with Gasteiger partial charge in [0.1, 0.15) is 0 Å². The number of hydrogen-bond acceptors (Lipinski definition) is 5. The Morgan fingerprint density at radius 3 is 2.18 bits per heavy atom. The minimum absolute atomic E-state index is 0.0173. The Kier molecular flexibility index (Phi) is 7.72. The number of carbonyl (C=O) groups excluding carboxylic acids is 2. The molecule has 2 aromatic carbocycles. The Morgan fingerprint density at radius 1 is 1.03 bits per heavy atom. The number of piperidine rings is 1. The van der Waals surface area contributed by atoms with Crippen molar-refractivity contribution >= 4 is 27.6 Å². The van der Waals surface area contributed by atoms with E-state index in [9.17, 15) is 26.8 Å². The van der Waals surface area contributed by atoms with E-state index in [4.69, 9.17) is 4.74 Å². The Labute approximate surface area is 198 Å². The molecule has 1 fully saturated rings. The van der Waals surface area contributed by atoms with Crippen molar-refractivity contribution in [1.29, 1.82) is 0 Å². The van der Waals surface area contributed by atoms with Crippen LogP contribution in [0.15, 0.2) is 35.2 Å². The third-order valence-corrected chi connectivity index (χ3v) is 7.80. The van der Waals surface area contributed by atoms with Gasteiger partial charge in [0.15, 0.2) is 17.7 Å². The summed E-state index contributed by atoms with van der Waals surface area (Å²) in [6, 6.07) is 6.30. The van der Waals surface area contributed by atoms with Gasteiger partial charge in [0, 0.05) is 18.8 Å². The summed E-state index contributed by atoms with van der Waals surface area (Å²) in [4.78, 5) is 24.8. The number of ether oxygens (including phenoxy) is 1. The van der Waals surface area contributed by atoms with Crippen molar-refractivity contribution in [3.05, 3.63) is 58.7 Å². The second-order valence-electron chi connectivity index (χ2n) is 8.60. The number of esters is 1. The molecule has 1 unspecified atom stereocenters. The zero-order chi connectivity index (χ0) is 25.2. The van der Waals surface area contributed by atoms with Crippen LogP contribution in [-0.2, 0) is 24.3 Å². The van der Waals surface area contributed by atoms with E-state index < -0.39 is 45.6 Å². The second-order valence-corrected chi connectivity index (χ2v) is 10.5. The second kappa shape index (κ2) is 10.2. The molecule has 1 amide bonds. The van der Waals surface area contributed by atoms with Gasteiger partial charge in [0.25, 0.3) is 5.91 Å². The Bertz CT molecular complexity index is 1180. The summed E-state index contributed by atoms with van der Waals surface area (Å²) < 4.78 is 58.5. The van der Waals surface area contributed by atoms with Gasteiger partial charge in [-0.15, -0.1) is 0 Å². The molecular weight excluding hydrogens is 466 g/mol. The smallest absolute Gasteiger partial charge is 0.309 e. The molecule has 0 aliphatic carbocycles. The highest BCUT2D eigenvalue weighted by atomic mass is 32.2. The summed E-state index contributed by atoms with van der Waals surface area (Å²) in [5.74, 6) is -3.99. The lowest BCUT2D eigenvalue weighted by atomic mass is 9.98. The third-order valence-electron chi connectivity index (χ3n) is 5.90. The highest BCUT2D eigenvalue weighted by Gasteiger charge is 2.34. The molecule has 7 nitrogen and oxygen atoms in total. The number of nitrogens with zero attached hydrogens (tertiary/aromatic N) is 1. The summed E-state index contributed by atoms with van der Waals surface area (Å²) in [6.07, 6.45) is -0.657. The molecule has 1 aliphatic rings. The molecule has 0 radical (unpaired) electrons. The SMILES string of the molecule is Cc1cc(C)c(NC(=O)C(C)OC(=O)C2CCN(S(=O)(=O)c3ccc(F)c(F)c3)CC2)c(C)c1. The van der Waals surface area contributed by atoms with Crippen molar-refractivity contribution < 1.29 is 31.5 Å². The van der Waals surface area contributed by atoms with Gasteiger partial charge in [-0.05, 0) is 69.9 Å². The zero-order valence-corrected chi connectivity index (χ0v) is 20.3. The summed E-state index contributed by atoms with van der Waals surface area (Å²) in [5.41, 5.74) is 3.55. The van der Waals surface area contributed by atoms with E-state index in [0.717, 1.165) is 33.1 Å². The number of aryl methyl sites for hydroxylation is 3. The summed E-state index contributed by atoms with van der Waals surface area (Å²) in [6.45, 7) is 7.25. The first-order valence-electron chi connectivity index (χ1n) is 10.9.